The second-order valence-electron chi connectivity index (χ2n) is 6.24. The maximum Gasteiger partial charge on any atom is 0.160 e. The molecule has 2 unspecified atom stereocenters. The highest BCUT2D eigenvalue weighted by molar-refractivity contribution is 5.91. The summed E-state index contributed by atoms with van der Waals surface area (Å²) >= 11 is 0. The zero-order valence-corrected chi connectivity index (χ0v) is 14.0. The van der Waals surface area contributed by atoms with Crippen LogP contribution in [-0.2, 0) is 4.79 Å². The van der Waals surface area contributed by atoms with Gasteiger partial charge in [0.2, 0.25) is 0 Å². The van der Waals surface area contributed by atoms with Crippen molar-refractivity contribution in [2.24, 2.45) is 5.92 Å². The molecule has 126 valence electrons. The molecule has 0 radical (unpaired) electrons. The van der Waals surface area contributed by atoms with Crippen molar-refractivity contribution >= 4 is 5.78 Å². The number of nitrogens with one attached hydrogen (secondary N) is 1. The third-order valence-electron chi connectivity index (χ3n) is 4.55. The molecule has 1 saturated carbocycles. The first kappa shape index (κ1) is 17.5. The summed E-state index contributed by atoms with van der Waals surface area (Å²) in [4.78, 5) is 12.1. The average Bonchev–Trinajstić information content (AvgIpc) is 2.61. The van der Waals surface area contributed by atoms with Crippen LogP contribution in [0.3, 0.4) is 0 Å². The molecular formula is C19H27NO3. The Morgan fingerprint density at radius 3 is 2.52 bits per heavy atom. The van der Waals surface area contributed by atoms with E-state index in [1.807, 2.05) is 31.2 Å². The standard InChI is InChI=1S/C19H27NO3/c1-14(19(22)16-8-10-17(23-2)11-9-16)20-13-12-18(21)15-6-4-3-5-7-15/h8-15,19-20,22H,3-7H2,1-2H3/b13-12+. The van der Waals surface area contributed by atoms with Crippen molar-refractivity contribution in [2.75, 3.05) is 7.11 Å². The Morgan fingerprint density at radius 1 is 1.26 bits per heavy atom. The number of methoxy groups -OCH3 is 1. The van der Waals surface area contributed by atoms with E-state index in [2.05, 4.69) is 5.32 Å². The summed E-state index contributed by atoms with van der Waals surface area (Å²) in [7, 11) is 1.61. The Bertz CT molecular complexity index is 518. The Morgan fingerprint density at radius 2 is 1.91 bits per heavy atom. The lowest BCUT2D eigenvalue weighted by Crippen LogP contribution is -2.28. The van der Waals surface area contributed by atoms with Gasteiger partial charge in [0.1, 0.15) is 5.75 Å². The van der Waals surface area contributed by atoms with E-state index in [-0.39, 0.29) is 17.7 Å². The molecular weight excluding hydrogens is 290 g/mol. The molecule has 1 aliphatic rings. The SMILES string of the molecule is COc1ccc(C(O)C(C)N/C=C/C(=O)C2CCCCC2)cc1. The van der Waals surface area contributed by atoms with Crippen molar-refractivity contribution in [2.45, 2.75) is 51.2 Å². The van der Waals surface area contributed by atoms with Gasteiger partial charge in [0.05, 0.1) is 19.3 Å². The molecule has 2 rings (SSSR count). The molecule has 2 N–H and O–H groups in total. The van der Waals surface area contributed by atoms with Gasteiger partial charge in [0.25, 0.3) is 0 Å². The van der Waals surface area contributed by atoms with Gasteiger partial charge in [0, 0.05) is 12.1 Å². The first-order valence-corrected chi connectivity index (χ1v) is 8.40. The molecule has 1 aliphatic carbocycles. The molecule has 0 aromatic heterocycles. The molecule has 4 heteroatoms. The van der Waals surface area contributed by atoms with Gasteiger partial charge in [0.15, 0.2) is 5.78 Å². The second-order valence-corrected chi connectivity index (χ2v) is 6.24. The number of hydrogen-bond donors (Lipinski definition) is 2. The highest BCUT2D eigenvalue weighted by Crippen LogP contribution is 2.24. The number of carbonyl (C=O) groups excluding carboxylic acids is 1. The Balaban J connectivity index is 1.83. The van der Waals surface area contributed by atoms with E-state index >= 15 is 0 Å². The van der Waals surface area contributed by atoms with Gasteiger partial charge >= 0.3 is 0 Å². The van der Waals surface area contributed by atoms with Crippen LogP contribution >= 0.6 is 0 Å². The Labute approximate surface area is 138 Å². The smallest absolute Gasteiger partial charge is 0.160 e. The van der Waals surface area contributed by atoms with E-state index in [0.717, 1.165) is 37.0 Å². The van der Waals surface area contributed by atoms with Crippen molar-refractivity contribution in [1.82, 2.24) is 5.32 Å². The summed E-state index contributed by atoms with van der Waals surface area (Å²) in [5, 5.41) is 13.4. The van der Waals surface area contributed by atoms with Gasteiger partial charge < -0.3 is 15.2 Å². The van der Waals surface area contributed by atoms with Crippen LogP contribution < -0.4 is 10.1 Å². The van der Waals surface area contributed by atoms with E-state index in [0.29, 0.717) is 0 Å². The topological polar surface area (TPSA) is 58.6 Å². The van der Waals surface area contributed by atoms with Gasteiger partial charge in [-0.3, -0.25) is 4.79 Å². The summed E-state index contributed by atoms with van der Waals surface area (Å²) in [6, 6.07) is 7.16. The van der Waals surface area contributed by atoms with Gasteiger partial charge in [-0.2, -0.15) is 0 Å². The number of hydrogen-bond acceptors (Lipinski definition) is 4. The Hall–Kier alpha value is -1.81. The highest BCUT2D eigenvalue weighted by atomic mass is 16.5. The molecule has 1 fully saturated rings. The van der Waals surface area contributed by atoms with E-state index in [4.69, 9.17) is 4.74 Å². The third kappa shape index (κ3) is 5.10. The normalized spacial score (nSPS) is 18.6. The maximum atomic E-state index is 12.1. The number of aliphatic hydroxyl groups excluding tert-OH is 1. The van der Waals surface area contributed by atoms with Gasteiger partial charge in [-0.25, -0.2) is 0 Å². The first-order valence-electron chi connectivity index (χ1n) is 8.40. The van der Waals surface area contributed by atoms with Gasteiger partial charge in [-0.15, -0.1) is 0 Å². The van der Waals surface area contributed by atoms with Gasteiger partial charge in [-0.1, -0.05) is 31.4 Å². The summed E-state index contributed by atoms with van der Waals surface area (Å²) in [6.07, 6.45) is 8.23. The fraction of sp³-hybridized carbons (Fsp3) is 0.526. The van der Waals surface area contributed by atoms with Gasteiger partial charge in [-0.05, 0) is 43.5 Å². The van der Waals surface area contributed by atoms with Crippen molar-refractivity contribution < 1.29 is 14.6 Å². The highest BCUT2D eigenvalue weighted by Gasteiger charge is 2.19. The van der Waals surface area contributed by atoms with Crippen molar-refractivity contribution in [1.29, 1.82) is 0 Å². The molecule has 0 aliphatic heterocycles. The van der Waals surface area contributed by atoms with E-state index in [9.17, 15) is 9.90 Å². The predicted octanol–water partition coefficient (Wildman–Crippen LogP) is 3.37. The number of ether oxygens (including phenoxy) is 1. The number of carbonyl (C=O) groups is 1. The molecule has 1 aromatic rings. The summed E-state index contributed by atoms with van der Waals surface area (Å²) < 4.78 is 5.11. The van der Waals surface area contributed by atoms with Crippen LogP contribution in [0.5, 0.6) is 5.75 Å². The van der Waals surface area contributed by atoms with Crippen molar-refractivity contribution in [3.8, 4) is 5.75 Å². The molecule has 0 bridgehead atoms. The zero-order valence-electron chi connectivity index (χ0n) is 14.0. The fourth-order valence-corrected chi connectivity index (χ4v) is 2.99. The monoisotopic (exact) mass is 317 g/mol. The van der Waals surface area contributed by atoms with Crippen LogP contribution in [0.1, 0.15) is 50.7 Å². The number of rotatable bonds is 7. The summed E-state index contributed by atoms with van der Waals surface area (Å²) in [5.41, 5.74) is 0.817. The molecule has 4 nitrogen and oxygen atoms in total. The average molecular weight is 317 g/mol. The summed E-state index contributed by atoms with van der Waals surface area (Å²) in [5.74, 6) is 1.14. The molecule has 0 spiro atoms. The molecule has 0 amide bonds. The number of aliphatic hydroxyl groups is 1. The van der Waals surface area contributed by atoms with Crippen molar-refractivity contribution in [3.63, 3.8) is 0 Å². The largest absolute Gasteiger partial charge is 0.497 e. The zero-order chi connectivity index (χ0) is 16.7. The van der Waals surface area contributed by atoms with Crippen LogP contribution in [-0.4, -0.2) is 24.0 Å². The minimum atomic E-state index is -0.643. The lowest BCUT2D eigenvalue weighted by atomic mass is 9.86. The third-order valence-corrected chi connectivity index (χ3v) is 4.55. The minimum Gasteiger partial charge on any atom is -0.497 e. The van der Waals surface area contributed by atoms with Crippen LogP contribution in [0.25, 0.3) is 0 Å². The number of allylic oxidation sites excluding steroid dienone is 1. The maximum absolute atomic E-state index is 12.1. The van der Waals surface area contributed by atoms with E-state index in [1.54, 1.807) is 19.4 Å². The summed E-state index contributed by atoms with van der Waals surface area (Å²) in [6.45, 7) is 1.89. The van der Waals surface area contributed by atoms with E-state index in [1.165, 1.54) is 6.42 Å². The van der Waals surface area contributed by atoms with Crippen LogP contribution in [0.15, 0.2) is 36.5 Å². The lowest BCUT2D eigenvalue weighted by molar-refractivity contribution is -0.119. The Kier molecular flexibility index (Phi) is 6.66. The molecule has 23 heavy (non-hydrogen) atoms. The molecule has 2 atom stereocenters. The van der Waals surface area contributed by atoms with Crippen molar-refractivity contribution in [3.05, 3.63) is 42.1 Å². The molecule has 1 aromatic carbocycles. The number of benzene rings is 1. The molecule has 0 heterocycles. The first-order chi connectivity index (χ1) is 11.1. The second kappa shape index (κ2) is 8.73. The van der Waals surface area contributed by atoms with Crippen LogP contribution in [0.4, 0.5) is 0 Å². The molecule has 0 saturated heterocycles. The predicted molar refractivity (Wildman–Crippen MR) is 91.3 cm³/mol. The number of ketones is 1. The van der Waals surface area contributed by atoms with Crippen LogP contribution in [0, 0.1) is 5.92 Å². The van der Waals surface area contributed by atoms with Crippen LogP contribution in [0.2, 0.25) is 0 Å². The quantitative estimate of drug-likeness (QED) is 0.757. The van der Waals surface area contributed by atoms with E-state index < -0.39 is 6.10 Å². The minimum absolute atomic E-state index is 0.182. The lowest BCUT2D eigenvalue weighted by Gasteiger charge is -2.20. The fourth-order valence-electron chi connectivity index (χ4n) is 2.99.